The van der Waals surface area contributed by atoms with Crippen LogP contribution < -0.4 is 10.2 Å². The fourth-order valence-electron chi connectivity index (χ4n) is 3.70. The van der Waals surface area contributed by atoms with E-state index in [0.29, 0.717) is 18.0 Å². The summed E-state index contributed by atoms with van der Waals surface area (Å²) >= 11 is 7.44. The Hall–Kier alpha value is -2.64. The lowest BCUT2D eigenvalue weighted by molar-refractivity contribution is -0.131. The molecule has 0 atom stereocenters. The highest BCUT2D eigenvalue weighted by Crippen LogP contribution is 2.28. The van der Waals surface area contributed by atoms with Gasteiger partial charge in [-0.1, -0.05) is 42.9 Å². The predicted molar refractivity (Wildman–Crippen MR) is 132 cm³/mol. The number of halogens is 1. The van der Waals surface area contributed by atoms with Gasteiger partial charge in [0, 0.05) is 49.2 Å². The molecule has 6 nitrogen and oxygen atoms in total. The number of anilines is 2. The Morgan fingerprint density at radius 2 is 1.81 bits per heavy atom. The van der Waals surface area contributed by atoms with E-state index in [2.05, 4.69) is 21.3 Å². The van der Waals surface area contributed by atoms with Crippen molar-refractivity contribution in [2.75, 3.05) is 36.4 Å². The van der Waals surface area contributed by atoms with Gasteiger partial charge in [-0.3, -0.25) is 9.59 Å². The summed E-state index contributed by atoms with van der Waals surface area (Å²) in [5.74, 6) is 0.0673. The number of fused-ring (bicyclic) bond motifs is 1. The van der Waals surface area contributed by atoms with Gasteiger partial charge in [-0.25, -0.2) is 4.98 Å². The van der Waals surface area contributed by atoms with Crippen LogP contribution in [0.2, 0.25) is 5.02 Å². The number of carbonyl (C=O) groups is 2. The predicted octanol–water partition coefficient (Wildman–Crippen LogP) is 4.83. The van der Waals surface area contributed by atoms with Gasteiger partial charge in [0.1, 0.15) is 0 Å². The molecule has 1 fully saturated rings. The van der Waals surface area contributed by atoms with Crippen LogP contribution in [0.1, 0.15) is 25.8 Å². The summed E-state index contributed by atoms with van der Waals surface area (Å²) in [6.45, 7) is 6.82. The fourth-order valence-corrected chi connectivity index (χ4v) is 4.76. The monoisotopic (exact) mass is 470 g/mol. The van der Waals surface area contributed by atoms with E-state index in [4.69, 9.17) is 11.6 Å². The Morgan fingerprint density at radius 3 is 2.50 bits per heavy atom. The first-order valence-electron chi connectivity index (χ1n) is 10.9. The number of piperazine rings is 1. The van der Waals surface area contributed by atoms with Crippen molar-refractivity contribution >= 4 is 55.8 Å². The van der Waals surface area contributed by atoms with Crippen molar-refractivity contribution in [2.45, 2.75) is 26.7 Å². The van der Waals surface area contributed by atoms with Crippen LogP contribution in [0.5, 0.6) is 0 Å². The zero-order valence-corrected chi connectivity index (χ0v) is 19.9. The van der Waals surface area contributed by atoms with Gasteiger partial charge in [0.05, 0.1) is 10.2 Å². The number of carbonyl (C=O) groups excluding carboxylic acids is 2. The average Bonchev–Trinajstić information content (AvgIpc) is 3.19. The summed E-state index contributed by atoms with van der Waals surface area (Å²) in [6.07, 6.45) is 1.18. The number of hydrogen-bond donors (Lipinski definition) is 1. The van der Waals surface area contributed by atoms with Gasteiger partial charge in [0.25, 0.3) is 0 Å². The first-order valence-corrected chi connectivity index (χ1v) is 12.1. The smallest absolute Gasteiger partial charge is 0.228 e. The molecule has 0 bridgehead atoms. The van der Waals surface area contributed by atoms with Crippen molar-refractivity contribution in [3.05, 3.63) is 53.1 Å². The van der Waals surface area contributed by atoms with Gasteiger partial charge in [-0.05, 0) is 48.4 Å². The maximum Gasteiger partial charge on any atom is 0.228 e. The van der Waals surface area contributed by atoms with E-state index in [1.54, 1.807) is 0 Å². The highest BCUT2D eigenvalue weighted by molar-refractivity contribution is 7.22. The molecule has 2 amide bonds. The van der Waals surface area contributed by atoms with Gasteiger partial charge in [-0.2, -0.15) is 0 Å². The summed E-state index contributed by atoms with van der Waals surface area (Å²) in [4.78, 5) is 33.4. The lowest BCUT2D eigenvalue weighted by Crippen LogP contribution is -2.48. The standard InChI is InChI=1S/C24H27ClN4O2S/c1-16(2)23(31)27-24-26-20-9-3-17(15-21(20)32-24)4-10-22(30)29-13-11-28(12-14-29)19-7-5-18(25)6-8-19/h3,5-9,15-16H,4,10-14H2,1-2H3,(H,26,27,31). The highest BCUT2D eigenvalue weighted by Gasteiger charge is 2.21. The summed E-state index contributed by atoms with van der Waals surface area (Å²) in [7, 11) is 0. The molecule has 32 heavy (non-hydrogen) atoms. The molecule has 2 heterocycles. The SMILES string of the molecule is CC(C)C(=O)Nc1nc2ccc(CCC(=O)N3CCN(c4ccc(Cl)cc4)CC3)cc2s1. The normalized spacial score (nSPS) is 14.2. The van der Waals surface area contributed by atoms with Crippen molar-refractivity contribution in [3.63, 3.8) is 0 Å². The molecule has 0 aliphatic carbocycles. The molecule has 2 aromatic carbocycles. The first-order chi connectivity index (χ1) is 15.4. The van der Waals surface area contributed by atoms with E-state index in [1.165, 1.54) is 11.3 Å². The number of aromatic nitrogens is 1. The van der Waals surface area contributed by atoms with Crippen molar-refractivity contribution in [2.24, 2.45) is 5.92 Å². The molecule has 3 aromatic rings. The Bertz CT molecular complexity index is 1100. The molecule has 1 aliphatic rings. The van der Waals surface area contributed by atoms with E-state index in [-0.39, 0.29) is 17.7 Å². The molecule has 8 heteroatoms. The molecule has 1 saturated heterocycles. The van der Waals surface area contributed by atoms with Crippen molar-refractivity contribution in [1.29, 1.82) is 0 Å². The molecule has 4 rings (SSSR count). The topological polar surface area (TPSA) is 65.5 Å². The Labute approximate surface area is 197 Å². The molecular formula is C24H27ClN4O2S. The summed E-state index contributed by atoms with van der Waals surface area (Å²) < 4.78 is 1.02. The molecule has 1 N–H and O–H groups in total. The van der Waals surface area contributed by atoms with Gasteiger partial charge in [0.15, 0.2) is 5.13 Å². The van der Waals surface area contributed by atoms with Crippen LogP contribution in [0, 0.1) is 5.92 Å². The maximum absolute atomic E-state index is 12.7. The molecule has 0 radical (unpaired) electrons. The number of hydrogen-bond acceptors (Lipinski definition) is 5. The van der Waals surface area contributed by atoms with E-state index in [0.717, 1.165) is 52.7 Å². The van der Waals surface area contributed by atoms with Gasteiger partial charge >= 0.3 is 0 Å². The minimum atomic E-state index is -0.0864. The summed E-state index contributed by atoms with van der Waals surface area (Å²) in [5, 5.41) is 4.21. The molecule has 168 valence electrons. The van der Waals surface area contributed by atoms with E-state index >= 15 is 0 Å². The zero-order valence-electron chi connectivity index (χ0n) is 18.3. The summed E-state index contributed by atoms with van der Waals surface area (Å²) in [6, 6.07) is 13.9. The molecule has 0 saturated carbocycles. The van der Waals surface area contributed by atoms with Crippen LogP contribution in [-0.4, -0.2) is 47.9 Å². The molecular weight excluding hydrogens is 444 g/mol. The minimum absolute atomic E-state index is 0.0361. The van der Waals surface area contributed by atoms with E-state index < -0.39 is 0 Å². The van der Waals surface area contributed by atoms with Crippen molar-refractivity contribution in [3.8, 4) is 0 Å². The second-order valence-electron chi connectivity index (χ2n) is 8.31. The minimum Gasteiger partial charge on any atom is -0.368 e. The number of nitrogens with zero attached hydrogens (tertiary/aromatic N) is 3. The molecule has 1 aromatic heterocycles. The van der Waals surface area contributed by atoms with Gasteiger partial charge in [0.2, 0.25) is 11.8 Å². The zero-order chi connectivity index (χ0) is 22.7. The second kappa shape index (κ2) is 9.88. The number of amides is 2. The van der Waals surface area contributed by atoms with Crippen LogP contribution >= 0.6 is 22.9 Å². The van der Waals surface area contributed by atoms with Crippen LogP contribution in [0.4, 0.5) is 10.8 Å². The van der Waals surface area contributed by atoms with Crippen LogP contribution in [0.3, 0.4) is 0 Å². The van der Waals surface area contributed by atoms with Gasteiger partial charge in [-0.15, -0.1) is 0 Å². The number of rotatable bonds is 6. The van der Waals surface area contributed by atoms with E-state index in [9.17, 15) is 9.59 Å². The molecule has 0 unspecified atom stereocenters. The van der Waals surface area contributed by atoms with Crippen LogP contribution in [-0.2, 0) is 16.0 Å². The van der Waals surface area contributed by atoms with E-state index in [1.807, 2.05) is 55.1 Å². The second-order valence-corrected chi connectivity index (χ2v) is 9.78. The third kappa shape index (κ3) is 5.40. The number of benzene rings is 2. The Kier molecular flexibility index (Phi) is 6.96. The third-order valence-electron chi connectivity index (χ3n) is 5.66. The average molecular weight is 471 g/mol. The molecule has 1 aliphatic heterocycles. The largest absolute Gasteiger partial charge is 0.368 e. The number of nitrogens with one attached hydrogen (secondary N) is 1. The lowest BCUT2D eigenvalue weighted by Gasteiger charge is -2.36. The van der Waals surface area contributed by atoms with Gasteiger partial charge < -0.3 is 15.1 Å². The lowest BCUT2D eigenvalue weighted by atomic mass is 10.1. The number of thiazole rings is 1. The van der Waals surface area contributed by atoms with Crippen molar-refractivity contribution < 1.29 is 9.59 Å². The maximum atomic E-state index is 12.7. The molecule has 0 spiro atoms. The fraction of sp³-hybridized carbons (Fsp3) is 0.375. The Balaban J connectivity index is 1.30. The Morgan fingerprint density at radius 1 is 1.09 bits per heavy atom. The number of aryl methyl sites for hydroxylation is 1. The van der Waals surface area contributed by atoms with Crippen molar-refractivity contribution in [1.82, 2.24) is 9.88 Å². The van der Waals surface area contributed by atoms with Crippen LogP contribution in [0.25, 0.3) is 10.2 Å². The quantitative estimate of drug-likeness (QED) is 0.560. The van der Waals surface area contributed by atoms with Crippen LogP contribution in [0.15, 0.2) is 42.5 Å². The summed E-state index contributed by atoms with van der Waals surface area (Å²) in [5.41, 5.74) is 3.11. The first kappa shape index (κ1) is 22.6. The third-order valence-corrected chi connectivity index (χ3v) is 6.84. The highest BCUT2D eigenvalue weighted by atomic mass is 35.5.